The van der Waals surface area contributed by atoms with Gasteiger partial charge in [-0.3, -0.25) is 0 Å². The summed E-state index contributed by atoms with van der Waals surface area (Å²) in [6, 6.07) is 33.0. The second kappa shape index (κ2) is 20.1. The predicted octanol–water partition coefficient (Wildman–Crippen LogP) is 12.7. The molecule has 0 aromatic heterocycles. The van der Waals surface area contributed by atoms with Crippen molar-refractivity contribution < 1.29 is 19.8 Å². The van der Waals surface area contributed by atoms with Crippen LogP contribution in [0.4, 0.5) is 0 Å². The lowest BCUT2D eigenvalue weighted by Crippen LogP contribution is -2.25. The van der Waals surface area contributed by atoms with E-state index in [9.17, 15) is 19.8 Å². The molecular weight excluding hydrogens is 737 g/mol. The Bertz CT molecular complexity index is 1910. The third kappa shape index (κ3) is 12.6. The molecule has 0 spiro atoms. The molecule has 0 unspecified atom stereocenters. The summed E-state index contributed by atoms with van der Waals surface area (Å²) in [5.74, 6) is 0. The number of aliphatic hydroxyl groups is 2. The maximum atomic E-state index is 12.2. The largest absolute Gasteiger partial charge is 0.392 e. The number of aldehydes is 2. The van der Waals surface area contributed by atoms with Gasteiger partial charge in [0.1, 0.15) is 12.6 Å². The smallest absolute Gasteiger partial charge is 0.134 e. The monoisotopic (exact) mass is 809 g/mol. The van der Waals surface area contributed by atoms with Crippen LogP contribution in [0.5, 0.6) is 0 Å². The average Bonchev–Trinajstić information content (AvgIpc) is 3.21. The van der Waals surface area contributed by atoms with E-state index >= 15 is 0 Å². The maximum absolute atomic E-state index is 12.2. The molecule has 0 amide bonds. The second-order valence-electron chi connectivity index (χ2n) is 20.2. The van der Waals surface area contributed by atoms with Gasteiger partial charge < -0.3 is 19.8 Å². The SMILES string of the molecule is C=C[C@@](C=O)(C/C=C(\CO)c1ccc(C(C)(C)C)cc1)c1ccc(C(C)(C)C)cc1.C=C[C@](C=O)(C/C=C(\CO)c1ccc(C(C)(C)C)cc1)c1ccc(C(C)(C)C)cc1. The fourth-order valence-corrected chi connectivity index (χ4v) is 7.03. The molecule has 320 valence electrons. The molecule has 60 heavy (non-hydrogen) atoms. The first kappa shape index (κ1) is 49.5. The standard InChI is InChI=1S/2C28H36O2/c2*1-8-28(20-30,25-15-13-24(14-16-25)27(5,6)7)18-17-22(19-29)21-9-11-23(12-10-21)26(2,3)4/h2*8-17,20,29H,1,18-19H2,2-7H3/b2*22-17+/t2*28-/m10/s1. The van der Waals surface area contributed by atoms with Crippen LogP contribution in [-0.2, 0) is 42.1 Å². The molecule has 2 N–H and O–H groups in total. The fourth-order valence-electron chi connectivity index (χ4n) is 7.03. The Morgan fingerprint density at radius 2 is 0.633 bits per heavy atom. The number of aliphatic hydroxyl groups excluding tert-OH is 2. The van der Waals surface area contributed by atoms with Crippen molar-refractivity contribution in [2.24, 2.45) is 0 Å². The van der Waals surface area contributed by atoms with Crippen molar-refractivity contribution in [2.75, 3.05) is 13.2 Å². The molecule has 0 fully saturated rings. The molecule has 0 aliphatic heterocycles. The highest BCUT2D eigenvalue weighted by Crippen LogP contribution is 2.34. The summed E-state index contributed by atoms with van der Waals surface area (Å²) in [5, 5.41) is 19.9. The number of benzene rings is 4. The minimum absolute atomic E-state index is 0.0553. The van der Waals surface area contributed by atoms with Gasteiger partial charge in [-0.2, -0.15) is 0 Å². The topological polar surface area (TPSA) is 74.6 Å². The second-order valence-corrected chi connectivity index (χ2v) is 20.2. The van der Waals surface area contributed by atoms with E-state index < -0.39 is 10.8 Å². The van der Waals surface area contributed by atoms with Gasteiger partial charge in [0.25, 0.3) is 0 Å². The van der Waals surface area contributed by atoms with Crippen LogP contribution < -0.4 is 0 Å². The molecule has 0 heterocycles. The van der Waals surface area contributed by atoms with Gasteiger partial charge in [-0.05, 0) is 90.2 Å². The molecule has 0 radical (unpaired) electrons. The molecule has 0 aliphatic rings. The number of hydrogen-bond donors (Lipinski definition) is 2. The Kier molecular flexibility index (Phi) is 16.6. The number of hydrogen-bond acceptors (Lipinski definition) is 4. The Hall–Kier alpha value is -4.90. The minimum Gasteiger partial charge on any atom is -0.392 e. The van der Waals surface area contributed by atoms with Gasteiger partial charge in [-0.25, -0.2) is 0 Å². The molecular formula is C56H72O4. The van der Waals surface area contributed by atoms with E-state index in [0.717, 1.165) is 46.0 Å². The first-order chi connectivity index (χ1) is 27.9. The van der Waals surface area contributed by atoms with Gasteiger partial charge in [-0.1, -0.05) is 204 Å². The summed E-state index contributed by atoms with van der Waals surface area (Å²) in [6.45, 7) is 33.8. The first-order valence-corrected chi connectivity index (χ1v) is 21.2. The van der Waals surface area contributed by atoms with E-state index in [0.29, 0.717) is 12.8 Å². The molecule has 0 saturated carbocycles. The third-order valence-corrected chi connectivity index (χ3v) is 11.7. The molecule has 0 bridgehead atoms. The van der Waals surface area contributed by atoms with Gasteiger partial charge in [0, 0.05) is 0 Å². The fraction of sp³-hybridized carbons (Fsp3) is 0.393. The van der Waals surface area contributed by atoms with Crippen LogP contribution in [-0.4, -0.2) is 36.0 Å². The van der Waals surface area contributed by atoms with E-state index in [1.165, 1.54) is 22.3 Å². The zero-order valence-corrected chi connectivity index (χ0v) is 38.7. The maximum Gasteiger partial charge on any atom is 0.134 e. The van der Waals surface area contributed by atoms with Crippen molar-refractivity contribution in [3.05, 3.63) is 179 Å². The Labute approximate surface area is 362 Å². The van der Waals surface area contributed by atoms with E-state index in [1.54, 1.807) is 12.2 Å². The highest BCUT2D eigenvalue weighted by Gasteiger charge is 2.30. The third-order valence-electron chi connectivity index (χ3n) is 11.7. The molecule has 4 aromatic carbocycles. The van der Waals surface area contributed by atoms with Gasteiger partial charge in [0.2, 0.25) is 0 Å². The van der Waals surface area contributed by atoms with Crippen LogP contribution in [0, 0.1) is 0 Å². The lowest BCUT2D eigenvalue weighted by atomic mass is 9.77. The Morgan fingerprint density at radius 1 is 0.417 bits per heavy atom. The van der Waals surface area contributed by atoms with Gasteiger partial charge in [-0.15, -0.1) is 13.2 Å². The minimum atomic E-state index is -0.817. The van der Waals surface area contributed by atoms with Crippen LogP contribution in [0.15, 0.2) is 135 Å². The van der Waals surface area contributed by atoms with Crippen LogP contribution in [0.25, 0.3) is 11.1 Å². The zero-order valence-electron chi connectivity index (χ0n) is 38.7. The molecule has 0 aliphatic carbocycles. The highest BCUT2D eigenvalue weighted by molar-refractivity contribution is 5.76. The summed E-state index contributed by atoms with van der Waals surface area (Å²) >= 11 is 0. The quantitative estimate of drug-likeness (QED) is 0.0983. The number of rotatable bonds is 14. The summed E-state index contributed by atoms with van der Waals surface area (Å²) in [6.07, 6.45) is 10.2. The van der Waals surface area contributed by atoms with Crippen LogP contribution in [0.3, 0.4) is 0 Å². The average molecular weight is 809 g/mol. The summed E-state index contributed by atoms with van der Waals surface area (Å²) in [7, 11) is 0. The molecule has 4 heteroatoms. The molecule has 0 saturated heterocycles. The molecule has 4 nitrogen and oxygen atoms in total. The van der Waals surface area contributed by atoms with E-state index in [-0.39, 0.29) is 34.9 Å². The van der Waals surface area contributed by atoms with Crippen LogP contribution in [0.1, 0.15) is 140 Å². The lowest BCUT2D eigenvalue weighted by molar-refractivity contribution is -0.111. The zero-order chi connectivity index (χ0) is 45.2. The Balaban J connectivity index is 0.000000320. The van der Waals surface area contributed by atoms with E-state index in [2.05, 4.69) is 145 Å². The molecule has 4 rings (SSSR count). The van der Waals surface area contributed by atoms with E-state index in [1.807, 2.05) is 60.7 Å². The van der Waals surface area contributed by atoms with Crippen molar-refractivity contribution in [3.63, 3.8) is 0 Å². The lowest BCUT2D eigenvalue weighted by Gasteiger charge is -2.26. The highest BCUT2D eigenvalue weighted by atomic mass is 16.3. The normalized spacial score (nSPS) is 14.8. The number of carbonyl (C=O) groups is 2. The first-order valence-electron chi connectivity index (χ1n) is 21.2. The summed E-state index contributed by atoms with van der Waals surface area (Å²) in [4.78, 5) is 24.3. The van der Waals surface area contributed by atoms with Crippen molar-refractivity contribution >= 4 is 23.7 Å². The van der Waals surface area contributed by atoms with Crippen molar-refractivity contribution in [1.82, 2.24) is 0 Å². The molecule has 2 atom stereocenters. The van der Waals surface area contributed by atoms with Crippen LogP contribution >= 0.6 is 0 Å². The number of allylic oxidation sites excluding steroid dienone is 4. The van der Waals surface area contributed by atoms with Gasteiger partial charge in [0.15, 0.2) is 0 Å². The van der Waals surface area contributed by atoms with Crippen LogP contribution in [0.2, 0.25) is 0 Å². The molecule has 4 aromatic rings. The van der Waals surface area contributed by atoms with Gasteiger partial charge in [0.05, 0.1) is 24.0 Å². The van der Waals surface area contributed by atoms with Crippen molar-refractivity contribution in [2.45, 2.75) is 128 Å². The van der Waals surface area contributed by atoms with Crippen molar-refractivity contribution in [3.8, 4) is 0 Å². The van der Waals surface area contributed by atoms with E-state index in [4.69, 9.17) is 0 Å². The predicted molar refractivity (Wildman–Crippen MR) is 256 cm³/mol. The Morgan fingerprint density at radius 3 is 0.817 bits per heavy atom. The van der Waals surface area contributed by atoms with Crippen molar-refractivity contribution in [1.29, 1.82) is 0 Å². The van der Waals surface area contributed by atoms with Gasteiger partial charge >= 0.3 is 0 Å². The summed E-state index contributed by atoms with van der Waals surface area (Å²) < 4.78 is 0. The summed E-state index contributed by atoms with van der Waals surface area (Å²) in [5.41, 5.74) is 8.97. The number of carbonyl (C=O) groups excluding carboxylic acids is 2.